The lowest BCUT2D eigenvalue weighted by Gasteiger charge is -2.08. The molecule has 1 heterocycles. The molecular formula is C12H12ClN3OS. The summed E-state index contributed by atoms with van der Waals surface area (Å²) in [5, 5.41) is 13.8. The number of phenols is 1. The molecule has 18 heavy (non-hydrogen) atoms. The van der Waals surface area contributed by atoms with Crippen molar-refractivity contribution < 1.29 is 5.11 Å². The third kappa shape index (κ3) is 3.27. The summed E-state index contributed by atoms with van der Waals surface area (Å²) < 4.78 is 0. The summed E-state index contributed by atoms with van der Waals surface area (Å²) in [7, 11) is 0. The smallest absolute Gasteiger partial charge is 0.190 e. The number of thioether (sulfide) groups is 1. The van der Waals surface area contributed by atoms with Gasteiger partial charge in [-0.15, -0.1) is 0 Å². The van der Waals surface area contributed by atoms with Crippen LogP contribution in [0.5, 0.6) is 5.75 Å². The molecule has 0 atom stereocenters. The number of aromatic nitrogens is 2. The molecule has 2 aromatic rings. The van der Waals surface area contributed by atoms with Gasteiger partial charge in [-0.3, -0.25) is 0 Å². The largest absolute Gasteiger partial charge is 0.508 e. The SMILES string of the molecule is CSc1nc(Cl)cc(NCc2ccccc2O)n1. The van der Waals surface area contributed by atoms with Crippen molar-refractivity contribution in [2.45, 2.75) is 11.7 Å². The van der Waals surface area contributed by atoms with Crippen LogP contribution in [0.25, 0.3) is 0 Å². The minimum atomic E-state index is 0.259. The van der Waals surface area contributed by atoms with Crippen molar-refractivity contribution in [1.82, 2.24) is 9.97 Å². The highest BCUT2D eigenvalue weighted by Crippen LogP contribution is 2.20. The predicted octanol–water partition coefficient (Wildman–Crippen LogP) is 3.17. The van der Waals surface area contributed by atoms with Crippen LogP contribution < -0.4 is 5.32 Å². The zero-order valence-electron chi connectivity index (χ0n) is 9.72. The topological polar surface area (TPSA) is 58.0 Å². The summed E-state index contributed by atoms with van der Waals surface area (Å²) in [6.45, 7) is 0.480. The van der Waals surface area contributed by atoms with E-state index in [0.717, 1.165) is 5.56 Å². The molecule has 0 fully saturated rings. The van der Waals surface area contributed by atoms with Crippen molar-refractivity contribution in [2.24, 2.45) is 0 Å². The average Bonchev–Trinajstić information content (AvgIpc) is 2.37. The minimum Gasteiger partial charge on any atom is -0.508 e. The first-order valence-corrected chi connectivity index (χ1v) is 6.88. The number of hydrogen-bond donors (Lipinski definition) is 2. The average molecular weight is 282 g/mol. The molecule has 2 N–H and O–H groups in total. The molecule has 0 saturated heterocycles. The van der Waals surface area contributed by atoms with Gasteiger partial charge in [0.15, 0.2) is 5.16 Å². The van der Waals surface area contributed by atoms with Gasteiger partial charge in [0.05, 0.1) is 0 Å². The van der Waals surface area contributed by atoms with Crippen molar-refractivity contribution >= 4 is 29.2 Å². The van der Waals surface area contributed by atoms with Crippen molar-refractivity contribution in [3.63, 3.8) is 0 Å². The number of benzene rings is 1. The van der Waals surface area contributed by atoms with Crippen LogP contribution in [0.2, 0.25) is 5.15 Å². The van der Waals surface area contributed by atoms with Gasteiger partial charge < -0.3 is 10.4 Å². The molecule has 0 saturated carbocycles. The summed E-state index contributed by atoms with van der Waals surface area (Å²) in [4.78, 5) is 8.32. The lowest BCUT2D eigenvalue weighted by Crippen LogP contribution is -2.03. The molecule has 0 unspecified atom stereocenters. The van der Waals surface area contributed by atoms with Gasteiger partial charge in [0, 0.05) is 18.2 Å². The lowest BCUT2D eigenvalue weighted by atomic mass is 10.2. The van der Waals surface area contributed by atoms with Crippen LogP contribution in [-0.4, -0.2) is 21.3 Å². The van der Waals surface area contributed by atoms with Crippen LogP contribution >= 0.6 is 23.4 Å². The molecule has 0 bridgehead atoms. The Labute approximate surface area is 114 Å². The Morgan fingerprint density at radius 3 is 2.83 bits per heavy atom. The lowest BCUT2D eigenvalue weighted by molar-refractivity contribution is 0.469. The van der Waals surface area contributed by atoms with E-state index in [-0.39, 0.29) is 5.75 Å². The van der Waals surface area contributed by atoms with Gasteiger partial charge >= 0.3 is 0 Å². The molecule has 0 spiro atoms. The zero-order valence-corrected chi connectivity index (χ0v) is 11.3. The maximum Gasteiger partial charge on any atom is 0.190 e. The molecule has 2 rings (SSSR count). The fraction of sp³-hybridized carbons (Fsp3) is 0.167. The fourth-order valence-electron chi connectivity index (χ4n) is 1.42. The van der Waals surface area contributed by atoms with E-state index in [2.05, 4.69) is 15.3 Å². The first-order chi connectivity index (χ1) is 8.69. The van der Waals surface area contributed by atoms with Crippen molar-refractivity contribution in [2.75, 3.05) is 11.6 Å². The quantitative estimate of drug-likeness (QED) is 0.512. The van der Waals surface area contributed by atoms with Gasteiger partial charge in [-0.05, 0) is 12.3 Å². The standard InChI is InChI=1S/C12H12ClN3OS/c1-18-12-15-10(13)6-11(16-12)14-7-8-4-2-3-5-9(8)17/h2-6,17H,7H2,1H3,(H,14,15,16). The molecule has 0 amide bonds. The van der Waals surface area contributed by atoms with E-state index in [1.54, 1.807) is 18.2 Å². The second kappa shape index (κ2) is 5.93. The number of phenolic OH excluding ortho intramolecular Hbond substituents is 1. The summed E-state index contributed by atoms with van der Waals surface area (Å²) in [5.74, 6) is 0.901. The van der Waals surface area contributed by atoms with E-state index in [1.165, 1.54) is 11.8 Å². The molecule has 0 aliphatic heterocycles. The van der Waals surface area contributed by atoms with E-state index in [4.69, 9.17) is 11.6 Å². The Morgan fingerprint density at radius 1 is 1.33 bits per heavy atom. The van der Waals surface area contributed by atoms with Gasteiger partial charge in [0.2, 0.25) is 0 Å². The third-order valence-electron chi connectivity index (χ3n) is 2.31. The molecule has 1 aromatic carbocycles. The molecule has 0 radical (unpaired) electrons. The van der Waals surface area contributed by atoms with E-state index in [0.29, 0.717) is 22.7 Å². The van der Waals surface area contributed by atoms with E-state index in [9.17, 15) is 5.11 Å². The van der Waals surface area contributed by atoms with Crippen LogP contribution in [0.15, 0.2) is 35.5 Å². The molecule has 6 heteroatoms. The molecule has 94 valence electrons. The van der Waals surface area contributed by atoms with E-state index >= 15 is 0 Å². The van der Waals surface area contributed by atoms with Crippen LogP contribution in [0.1, 0.15) is 5.56 Å². The minimum absolute atomic E-state index is 0.259. The summed E-state index contributed by atoms with van der Waals surface area (Å²) >= 11 is 7.31. The van der Waals surface area contributed by atoms with Gasteiger partial charge in [-0.1, -0.05) is 41.6 Å². The van der Waals surface area contributed by atoms with E-state index < -0.39 is 0 Å². The van der Waals surface area contributed by atoms with Crippen molar-refractivity contribution in [1.29, 1.82) is 0 Å². The number of hydrogen-bond acceptors (Lipinski definition) is 5. The van der Waals surface area contributed by atoms with Crippen LogP contribution in [0, 0.1) is 0 Å². The van der Waals surface area contributed by atoms with Crippen molar-refractivity contribution in [3.8, 4) is 5.75 Å². The second-order valence-electron chi connectivity index (χ2n) is 3.54. The van der Waals surface area contributed by atoms with Crippen LogP contribution in [0.4, 0.5) is 5.82 Å². The molecular weight excluding hydrogens is 270 g/mol. The first-order valence-electron chi connectivity index (χ1n) is 5.28. The highest BCUT2D eigenvalue weighted by Gasteiger charge is 2.04. The van der Waals surface area contributed by atoms with Gasteiger partial charge in [0.25, 0.3) is 0 Å². The number of anilines is 1. The normalized spacial score (nSPS) is 10.3. The Kier molecular flexibility index (Phi) is 4.28. The third-order valence-corrected chi connectivity index (χ3v) is 3.05. The molecule has 4 nitrogen and oxygen atoms in total. The highest BCUT2D eigenvalue weighted by molar-refractivity contribution is 7.98. The van der Waals surface area contributed by atoms with E-state index in [1.807, 2.05) is 18.4 Å². The zero-order chi connectivity index (χ0) is 13.0. The fourth-order valence-corrected chi connectivity index (χ4v) is 2.04. The summed E-state index contributed by atoms with van der Waals surface area (Å²) in [5.41, 5.74) is 0.804. The summed E-state index contributed by atoms with van der Waals surface area (Å²) in [6, 6.07) is 8.81. The number of rotatable bonds is 4. The van der Waals surface area contributed by atoms with Crippen molar-refractivity contribution in [3.05, 3.63) is 41.0 Å². The number of nitrogens with one attached hydrogen (secondary N) is 1. The number of halogens is 1. The summed E-state index contributed by atoms with van der Waals surface area (Å²) in [6.07, 6.45) is 1.89. The first kappa shape index (κ1) is 13.0. The van der Waals surface area contributed by atoms with Crippen LogP contribution in [0.3, 0.4) is 0 Å². The maximum atomic E-state index is 9.64. The highest BCUT2D eigenvalue weighted by atomic mass is 35.5. The monoisotopic (exact) mass is 281 g/mol. The Bertz CT molecular complexity index is 551. The second-order valence-corrected chi connectivity index (χ2v) is 4.71. The van der Waals surface area contributed by atoms with Gasteiger partial charge in [-0.2, -0.15) is 0 Å². The van der Waals surface area contributed by atoms with Crippen LogP contribution in [-0.2, 0) is 6.54 Å². The Hall–Kier alpha value is -1.46. The molecule has 1 aromatic heterocycles. The number of para-hydroxylation sites is 1. The number of aromatic hydroxyl groups is 1. The molecule has 0 aliphatic rings. The van der Waals surface area contributed by atoms with Gasteiger partial charge in [0.1, 0.15) is 16.7 Å². The predicted molar refractivity (Wildman–Crippen MR) is 74.3 cm³/mol. The molecule has 0 aliphatic carbocycles. The maximum absolute atomic E-state index is 9.64. The number of nitrogens with zero attached hydrogens (tertiary/aromatic N) is 2. The Balaban J connectivity index is 2.11. The van der Waals surface area contributed by atoms with Gasteiger partial charge in [-0.25, -0.2) is 9.97 Å². The Morgan fingerprint density at radius 2 is 2.11 bits per heavy atom.